The van der Waals surface area contributed by atoms with E-state index in [2.05, 4.69) is 27.3 Å². The third-order valence-electron chi connectivity index (χ3n) is 5.37. The minimum Gasteiger partial charge on any atom is -0.207 e. The van der Waals surface area contributed by atoms with Crippen molar-refractivity contribution in [2.24, 2.45) is 0 Å². The fraction of sp³-hybridized carbons (Fsp3) is 0.0714. The number of nitrogens with one attached hydrogen (secondary N) is 1. The number of rotatable bonds is 7. The van der Waals surface area contributed by atoms with Crippen LogP contribution < -0.4 is 4.72 Å². The Kier molecular flexibility index (Phi) is 7.42. The highest BCUT2D eigenvalue weighted by Crippen LogP contribution is 2.40. The lowest BCUT2D eigenvalue weighted by atomic mass is 9.92. The van der Waals surface area contributed by atoms with Gasteiger partial charge in [-0.1, -0.05) is 109 Å². The maximum Gasteiger partial charge on any atom is 0.241 e. The van der Waals surface area contributed by atoms with Crippen LogP contribution in [0.3, 0.4) is 0 Å². The average molecular weight is 565 g/mol. The molecule has 0 bridgehead atoms. The third-order valence-corrected chi connectivity index (χ3v) is 8.02. The van der Waals surface area contributed by atoms with E-state index in [1.807, 2.05) is 110 Å². The summed E-state index contributed by atoms with van der Waals surface area (Å²) in [5.41, 5.74) is 4.79. The van der Waals surface area contributed by atoms with Crippen molar-refractivity contribution in [3.63, 3.8) is 0 Å². The van der Waals surface area contributed by atoms with Gasteiger partial charge in [0.15, 0.2) is 0 Å². The van der Waals surface area contributed by atoms with Gasteiger partial charge in [0.1, 0.15) is 0 Å². The van der Waals surface area contributed by atoms with Crippen molar-refractivity contribution in [2.75, 3.05) is 0 Å². The summed E-state index contributed by atoms with van der Waals surface area (Å²) < 4.78 is 31.0. The minimum atomic E-state index is -3.78. The molecule has 33 heavy (non-hydrogen) atoms. The molecule has 4 aromatic carbocycles. The summed E-state index contributed by atoms with van der Waals surface area (Å²) in [7, 11) is -3.78. The van der Waals surface area contributed by atoms with Gasteiger partial charge in [0.2, 0.25) is 10.0 Å². The molecular formula is C28H24INO2S. The van der Waals surface area contributed by atoms with Crippen LogP contribution in [0.25, 0.3) is 9.15 Å². The first-order valence-electron chi connectivity index (χ1n) is 10.6. The zero-order valence-electron chi connectivity index (χ0n) is 18.1. The SMILES string of the molecule is Cc1ccc(S(=O)(=O)NC(/C(=C(\I)c2ccccc2)c2ccccc2)c2ccccc2)cc1. The molecule has 166 valence electrons. The van der Waals surface area contributed by atoms with E-state index in [-0.39, 0.29) is 4.90 Å². The van der Waals surface area contributed by atoms with Crippen LogP contribution in [-0.4, -0.2) is 8.42 Å². The van der Waals surface area contributed by atoms with Crippen LogP contribution in [0.4, 0.5) is 0 Å². The highest BCUT2D eigenvalue weighted by molar-refractivity contribution is 14.1. The van der Waals surface area contributed by atoms with Crippen LogP contribution in [0.5, 0.6) is 0 Å². The van der Waals surface area contributed by atoms with Crippen molar-refractivity contribution in [1.82, 2.24) is 4.72 Å². The topological polar surface area (TPSA) is 46.2 Å². The van der Waals surface area contributed by atoms with Crippen molar-refractivity contribution >= 4 is 41.8 Å². The van der Waals surface area contributed by atoms with Gasteiger partial charge in [-0.2, -0.15) is 4.72 Å². The Bertz CT molecular complexity index is 1340. The Labute approximate surface area is 209 Å². The van der Waals surface area contributed by atoms with Crippen molar-refractivity contribution in [3.8, 4) is 0 Å². The van der Waals surface area contributed by atoms with Gasteiger partial charge in [-0.3, -0.25) is 0 Å². The zero-order chi connectivity index (χ0) is 23.3. The molecule has 4 aromatic rings. The second-order valence-electron chi connectivity index (χ2n) is 7.74. The molecule has 1 unspecified atom stereocenters. The molecule has 1 atom stereocenters. The van der Waals surface area contributed by atoms with Gasteiger partial charge < -0.3 is 0 Å². The Balaban J connectivity index is 1.91. The third kappa shape index (κ3) is 5.61. The van der Waals surface area contributed by atoms with E-state index in [0.717, 1.165) is 31.4 Å². The molecule has 0 radical (unpaired) electrons. The van der Waals surface area contributed by atoms with Crippen LogP contribution in [-0.2, 0) is 10.0 Å². The zero-order valence-corrected chi connectivity index (χ0v) is 21.1. The summed E-state index contributed by atoms with van der Waals surface area (Å²) in [5.74, 6) is 0. The van der Waals surface area contributed by atoms with E-state index < -0.39 is 16.1 Å². The molecule has 0 aliphatic heterocycles. The van der Waals surface area contributed by atoms with Gasteiger partial charge in [-0.05, 0) is 63.9 Å². The highest BCUT2D eigenvalue weighted by Gasteiger charge is 2.27. The quantitative estimate of drug-likeness (QED) is 0.194. The van der Waals surface area contributed by atoms with E-state index in [0.29, 0.717) is 0 Å². The van der Waals surface area contributed by atoms with Crippen LogP contribution in [0.1, 0.15) is 28.3 Å². The Hall–Kier alpha value is -2.74. The maximum atomic E-state index is 13.5. The summed E-state index contributed by atoms with van der Waals surface area (Å²) in [5, 5.41) is 0. The van der Waals surface area contributed by atoms with Gasteiger partial charge in [0, 0.05) is 3.58 Å². The normalized spacial score (nSPS) is 13.3. The Morgan fingerprint density at radius 2 is 1.18 bits per heavy atom. The van der Waals surface area contributed by atoms with Crippen LogP contribution in [0.2, 0.25) is 0 Å². The number of hydrogen-bond donors (Lipinski definition) is 1. The fourth-order valence-electron chi connectivity index (χ4n) is 3.66. The number of sulfonamides is 1. The fourth-order valence-corrected chi connectivity index (χ4v) is 5.83. The smallest absolute Gasteiger partial charge is 0.207 e. The maximum absolute atomic E-state index is 13.5. The second-order valence-corrected chi connectivity index (χ2v) is 10.5. The number of benzene rings is 4. The second kappa shape index (κ2) is 10.5. The highest BCUT2D eigenvalue weighted by atomic mass is 127. The van der Waals surface area contributed by atoms with Crippen LogP contribution in [0.15, 0.2) is 120 Å². The molecule has 4 rings (SSSR count). The average Bonchev–Trinajstić information content (AvgIpc) is 2.85. The number of hydrogen-bond acceptors (Lipinski definition) is 2. The van der Waals surface area contributed by atoms with Crippen LogP contribution in [0, 0.1) is 6.92 Å². The van der Waals surface area contributed by atoms with Gasteiger partial charge in [0.25, 0.3) is 0 Å². The molecule has 3 nitrogen and oxygen atoms in total. The van der Waals surface area contributed by atoms with Gasteiger partial charge in [-0.15, -0.1) is 0 Å². The van der Waals surface area contributed by atoms with Crippen molar-refractivity contribution in [2.45, 2.75) is 17.9 Å². The molecule has 0 aliphatic carbocycles. The summed E-state index contributed by atoms with van der Waals surface area (Å²) in [6.45, 7) is 1.94. The Morgan fingerprint density at radius 1 is 0.697 bits per heavy atom. The van der Waals surface area contributed by atoms with Crippen LogP contribution >= 0.6 is 22.6 Å². The first-order chi connectivity index (χ1) is 16.0. The summed E-state index contributed by atoms with van der Waals surface area (Å²) >= 11 is 2.33. The van der Waals surface area contributed by atoms with Crippen molar-refractivity contribution in [3.05, 3.63) is 138 Å². The molecule has 5 heteroatoms. The summed E-state index contributed by atoms with van der Waals surface area (Å²) in [6.07, 6.45) is 0. The molecule has 0 saturated heterocycles. The molecule has 0 saturated carbocycles. The minimum absolute atomic E-state index is 0.246. The van der Waals surface area contributed by atoms with E-state index in [1.165, 1.54) is 0 Å². The molecule has 1 N–H and O–H groups in total. The molecular weight excluding hydrogens is 541 g/mol. The largest absolute Gasteiger partial charge is 0.241 e. The van der Waals surface area contributed by atoms with Gasteiger partial charge in [0.05, 0.1) is 10.9 Å². The molecule has 0 amide bonds. The first kappa shape index (κ1) is 23.4. The standard InChI is InChI=1S/C28H24INO2S/c1-21-17-19-25(20-18-21)33(31,32)30-28(24-15-9-4-10-16-24)26(22-11-5-2-6-12-22)27(29)23-13-7-3-8-14-23/h2-20,28,30H,1H3/b27-26-. The lowest BCUT2D eigenvalue weighted by Gasteiger charge is -2.25. The molecule has 0 aliphatic rings. The predicted octanol–water partition coefficient (Wildman–Crippen LogP) is 7.02. The molecule has 0 aromatic heterocycles. The van der Waals surface area contributed by atoms with Gasteiger partial charge >= 0.3 is 0 Å². The van der Waals surface area contributed by atoms with Gasteiger partial charge in [-0.25, -0.2) is 8.42 Å². The van der Waals surface area contributed by atoms with E-state index in [1.54, 1.807) is 12.1 Å². The summed E-state index contributed by atoms with van der Waals surface area (Å²) in [4.78, 5) is 0.246. The lowest BCUT2D eigenvalue weighted by molar-refractivity contribution is 0.576. The van der Waals surface area contributed by atoms with E-state index in [9.17, 15) is 8.42 Å². The van der Waals surface area contributed by atoms with Crippen molar-refractivity contribution < 1.29 is 8.42 Å². The first-order valence-corrected chi connectivity index (χ1v) is 13.2. The monoisotopic (exact) mass is 565 g/mol. The molecule has 0 heterocycles. The van der Waals surface area contributed by atoms with Crippen molar-refractivity contribution in [1.29, 1.82) is 0 Å². The van der Waals surface area contributed by atoms with E-state index in [4.69, 9.17) is 0 Å². The molecule has 0 spiro atoms. The number of halogens is 1. The molecule has 0 fully saturated rings. The predicted molar refractivity (Wildman–Crippen MR) is 144 cm³/mol. The van der Waals surface area contributed by atoms with E-state index >= 15 is 0 Å². The summed E-state index contributed by atoms with van der Waals surface area (Å²) in [6, 6.07) is 36.0. The lowest BCUT2D eigenvalue weighted by Crippen LogP contribution is -2.30. The Morgan fingerprint density at radius 3 is 1.73 bits per heavy atom. The number of aryl methyl sites for hydroxylation is 1.